The minimum absolute atomic E-state index is 0.00755. The zero-order chi connectivity index (χ0) is 24.3. The molecule has 0 bridgehead atoms. The van der Waals surface area contributed by atoms with Gasteiger partial charge in [-0.3, -0.25) is 9.69 Å². The monoisotopic (exact) mass is 471 g/mol. The highest BCUT2D eigenvalue weighted by atomic mass is 16.6. The number of nitrogens with zero attached hydrogens (tertiary/aromatic N) is 2. The Labute approximate surface area is 204 Å². The van der Waals surface area contributed by atoms with Crippen molar-refractivity contribution >= 4 is 12.0 Å². The molecule has 34 heavy (non-hydrogen) atoms. The van der Waals surface area contributed by atoms with Crippen LogP contribution in [0.5, 0.6) is 0 Å². The summed E-state index contributed by atoms with van der Waals surface area (Å²) in [5.74, 6) is 0.597. The van der Waals surface area contributed by atoms with Gasteiger partial charge in [-0.1, -0.05) is 30.3 Å². The van der Waals surface area contributed by atoms with E-state index in [1.54, 1.807) is 0 Å². The van der Waals surface area contributed by atoms with E-state index in [1.807, 2.05) is 32.7 Å². The van der Waals surface area contributed by atoms with E-state index >= 15 is 0 Å². The highest BCUT2D eigenvalue weighted by Gasteiger charge is 2.51. The first-order valence-electron chi connectivity index (χ1n) is 12.8. The summed E-state index contributed by atoms with van der Waals surface area (Å²) in [6, 6.07) is 10.5. The second kappa shape index (κ2) is 10.2. The standard InChI is InChI=1S/C27H41N3O4/c1-26(2,3)34-25(32)30-16-8-15-27(19-29(4)17-24(31)28-27)23(30)18-33-22-13-11-21(12-14-22)20-9-6-5-7-10-20/h5-7,9-10,21-23H,8,11-19H2,1-4H3,(H,28,31). The number of likely N-dealkylation sites (N-methyl/N-ethyl adjacent to an activating group) is 1. The maximum atomic E-state index is 13.2. The van der Waals surface area contributed by atoms with Crippen molar-refractivity contribution in [1.29, 1.82) is 0 Å². The average Bonchev–Trinajstić information content (AvgIpc) is 2.77. The van der Waals surface area contributed by atoms with Crippen molar-refractivity contribution in [2.75, 3.05) is 33.3 Å². The third-order valence-corrected chi connectivity index (χ3v) is 7.45. The number of benzene rings is 1. The molecule has 1 aromatic rings. The van der Waals surface area contributed by atoms with Gasteiger partial charge in [0, 0.05) is 13.1 Å². The second-order valence-electron chi connectivity index (χ2n) is 11.4. The quantitative estimate of drug-likeness (QED) is 0.721. The zero-order valence-corrected chi connectivity index (χ0v) is 21.2. The lowest BCUT2D eigenvalue weighted by atomic mass is 9.79. The van der Waals surface area contributed by atoms with Gasteiger partial charge in [0.1, 0.15) is 5.60 Å². The Morgan fingerprint density at radius 3 is 2.50 bits per heavy atom. The fourth-order valence-electron chi connectivity index (χ4n) is 5.96. The minimum atomic E-state index is -0.574. The summed E-state index contributed by atoms with van der Waals surface area (Å²) < 4.78 is 12.3. The number of hydrogen-bond acceptors (Lipinski definition) is 5. The van der Waals surface area contributed by atoms with E-state index in [9.17, 15) is 9.59 Å². The Balaban J connectivity index is 1.45. The summed E-state index contributed by atoms with van der Waals surface area (Å²) in [5, 5.41) is 3.27. The number of carbonyl (C=O) groups is 2. The molecule has 0 radical (unpaired) electrons. The SMILES string of the molecule is CN1CC(=O)NC2(CCCN(C(=O)OC(C)(C)C)C2COC2CCC(c3ccccc3)CC2)C1. The van der Waals surface area contributed by atoms with Crippen LogP contribution in [0.15, 0.2) is 30.3 Å². The summed E-state index contributed by atoms with van der Waals surface area (Å²) >= 11 is 0. The summed E-state index contributed by atoms with van der Waals surface area (Å²) in [4.78, 5) is 29.6. The predicted molar refractivity (Wildman–Crippen MR) is 132 cm³/mol. The van der Waals surface area contributed by atoms with E-state index in [2.05, 4.69) is 40.5 Å². The van der Waals surface area contributed by atoms with Crippen LogP contribution in [0.4, 0.5) is 4.79 Å². The van der Waals surface area contributed by atoms with Gasteiger partial charge in [0.15, 0.2) is 0 Å². The van der Waals surface area contributed by atoms with Gasteiger partial charge in [-0.05, 0) is 77.8 Å². The highest BCUT2D eigenvalue weighted by molar-refractivity contribution is 5.80. The van der Waals surface area contributed by atoms with Crippen LogP contribution in [-0.4, -0.2) is 78.4 Å². The van der Waals surface area contributed by atoms with E-state index in [0.717, 1.165) is 38.5 Å². The van der Waals surface area contributed by atoms with Gasteiger partial charge in [-0.15, -0.1) is 0 Å². The van der Waals surface area contributed by atoms with E-state index < -0.39 is 11.1 Å². The molecule has 1 aliphatic carbocycles. The van der Waals surface area contributed by atoms with Crippen LogP contribution in [0.3, 0.4) is 0 Å². The first-order chi connectivity index (χ1) is 16.2. The highest BCUT2D eigenvalue weighted by Crippen LogP contribution is 2.36. The first kappa shape index (κ1) is 25.0. The molecule has 4 rings (SSSR count). The van der Waals surface area contributed by atoms with Crippen molar-refractivity contribution in [1.82, 2.24) is 15.1 Å². The van der Waals surface area contributed by atoms with E-state index in [-0.39, 0.29) is 24.1 Å². The predicted octanol–water partition coefficient (Wildman–Crippen LogP) is 3.93. The van der Waals surface area contributed by atoms with Gasteiger partial charge in [-0.2, -0.15) is 0 Å². The van der Waals surface area contributed by atoms with Crippen molar-refractivity contribution in [2.45, 2.75) is 88.5 Å². The van der Waals surface area contributed by atoms with Crippen molar-refractivity contribution in [3.63, 3.8) is 0 Å². The van der Waals surface area contributed by atoms with E-state index in [1.165, 1.54) is 5.56 Å². The first-order valence-corrected chi connectivity index (χ1v) is 12.8. The molecule has 7 nitrogen and oxygen atoms in total. The zero-order valence-electron chi connectivity index (χ0n) is 21.2. The fraction of sp³-hybridized carbons (Fsp3) is 0.704. The second-order valence-corrected chi connectivity index (χ2v) is 11.4. The van der Waals surface area contributed by atoms with Gasteiger partial charge in [0.25, 0.3) is 0 Å². The number of piperidine rings is 1. The molecule has 1 aromatic carbocycles. The largest absolute Gasteiger partial charge is 0.444 e. The number of hydrogen-bond donors (Lipinski definition) is 1. The van der Waals surface area contributed by atoms with Gasteiger partial charge in [0.2, 0.25) is 5.91 Å². The normalized spacial score (nSPS) is 30.8. The van der Waals surface area contributed by atoms with Crippen molar-refractivity contribution in [3.8, 4) is 0 Å². The third-order valence-electron chi connectivity index (χ3n) is 7.45. The molecule has 2 unspecified atom stereocenters. The van der Waals surface area contributed by atoms with Crippen LogP contribution in [0, 0.1) is 0 Å². The fourth-order valence-corrected chi connectivity index (χ4v) is 5.96. The Morgan fingerprint density at radius 1 is 1.15 bits per heavy atom. The lowest BCUT2D eigenvalue weighted by Gasteiger charge is -2.53. The number of likely N-dealkylation sites (tertiary alicyclic amines) is 1. The molecule has 3 aliphatic rings. The molecule has 1 spiro atoms. The molecule has 2 amide bonds. The number of amides is 2. The molecule has 1 saturated carbocycles. The number of nitrogens with one attached hydrogen (secondary N) is 1. The van der Waals surface area contributed by atoms with Crippen LogP contribution >= 0.6 is 0 Å². The molecule has 1 N–H and O–H groups in total. The maximum Gasteiger partial charge on any atom is 0.410 e. The van der Waals surface area contributed by atoms with Crippen molar-refractivity contribution in [3.05, 3.63) is 35.9 Å². The van der Waals surface area contributed by atoms with E-state index in [4.69, 9.17) is 9.47 Å². The Morgan fingerprint density at radius 2 is 1.85 bits per heavy atom. The smallest absolute Gasteiger partial charge is 0.410 e. The topological polar surface area (TPSA) is 71.1 Å². The molecule has 3 fully saturated rings. The summed E-state index contributed by atoms with van der Waals surface area (Å²) in [7, 11) is 1.97. The summed E-state index contributed by atoms with van der Waals surface area (Å²) in [5.41, 5.74) is 0.326. The van der Waals surface area contributed by atoms with E-state index in [0.29, 0.717) is 32.2 Å². The Kier molecular flexibility index (Phi) is 7.53. The van der Waals surface area contributed by atoms with Crippen LogP contribution < -0.4 is 5.32 Å². The van der Waals surface area contributed by atoms with Crippen LogP contribution in [0.1, 0.15) is 70.8 Å². The molecule has 2 aliphatic heterocycles. The molecule has 2 heterocycles. The molecule has 7 heteroatoms. The average molecular weight is 472 g/mol. The number of rotatable bonds is 4. The van der Waals surface area contributed by atoms with Crippen LogP contribution in [0.2, 0.25) is 0 Å². The number of ether oxygens (including phenoxy) is 2. The van der Waals surface area contributed by atoms with Crippen molar-refractivity contribution in [2.24, 2.45) is 0 Å². The summed E-state index contributed by atoms with van der Waals surface area (Å²) in [6.45, 7) is 7.77. The third kappa shape index (κ3) is 5.92. The molecular weight excluding hydrogens is 430 g/mol. The number of piperazine rings is 1. The minimum Gasteiger partial charge on any atom is -0.444 e. The van der Waals surface area contributed by atoms with Gasteiger partial charge < -0.3 is 19.7 Å². The summed E-state index contributed by atoms with van der Waals surface area (Å²) in [6.07, 6.45) is 5.76. The Hall–Kier alpha value is -2.12. The lowest BCUT2D eigenvalue weighted by Crippen LogP contribution is -2.74. The van der Waals surface area contributed by atoms with Gasteiger partial charge in [-0.25, -0.2) is 4.79 Å². The van der Waals surface area contributed by atoms with Crippen molar-refractivity contribution < 1.29 is 19.1 Å². The Bertz CT molecular complexity index is 847. The maximum absolute atomic E-state index is 13.2. The lowest BCUT2D eigenvalue weighted by molar-refractivity contribution is -0.133. The molecule has 2 atom stereocenters. The van der Waals surface area contributed by atoms with Crippen LogP contribution in [0.25, 0.3) is 0 Å². The molecule has 188 valence electrons. The number of carbonyl (C=O) groups excluding carboxylic acids is 2. The van der Waals surface area contributed by atoms with Gasteiger partial charge in [0.05, 0.1) is 30.8 Å². The molecule has 0 aromatic heterocycles. The molecule has 2 saturated heterocycles. The van der Waals surface area contributed by atoms with Crippen LogP contribution in [-0.2, 0) is 14.3 Å². The van der Waals surface area contributed by atoms with Gasteiger partial charge >= 0.3 is 6.09 Å². The molecular formula is C27H41N3O4.